The average Bonchev–Trinajstić information content (AvgIpc) is 3.61. The van der Waals surface area contributed by atoms with Gasteiger partial charge >= 0.3 is 0 Å². The fourth-order valence-electron chi connectivity index (χ4n) is 8.05. The second kappa shape index (κ2) is 14.4. The van der Waals surface area contributed by atoms with Crippen LogP contribution in [0, 0.1) is 0 Å². The third-order valence-corrected chi connectivity index (χ3v) is 10.7. The molecule has 0 saturated heterocycles. The Morgan fingerprint density at radius 1 is 0.286 bits per heavy atom. The zero-order valence-electron chi connectivity index (χ0n) is 30.8. The van der Waals surface area contributed by atoms with E-state index in [0.717, 1.165) is 28.2 Å². The summed E-state index contributed by atoms with van der Waals surface area (Å²) in [6.07, 6.45) is 0. The molecule has 56 heavy (non-hydrogen) atoms. The van der Waals surface area contributed by atoms with Crippen molar-refractivity contribution in [3.05, 3.63) is 224 Å². The fourth-order valence-corrected chi connectivity index (χ4v) is 8.05. The Morgan fingerprint density at radius 2 is 0.786 bits per heavy atom. The molecule has 0 unspecified atom stereocenters. The normalized spacial score (nSPS) is 11.2. The van der Waals surface area contributed by atoms with Gasteiger partial charge in [-0.2, -0.15) is 0 Å². The van der Waals surface area contributed by atoms with Gasteiger partial charge in [-0.3, -0.25) is 0 Å². The zero-order chi connectivity index (χ0) is 37.3. The summed E-state index contributed by atoms with van der Waals surface area (Å²) in [6.45, 7) is 0. The topological polar surface area (TPSA) is 17.0 Å². The second-order valence-corrected chi connectivity index (χ2v) is 14.3. The summed E-state index contributed by atoms with van der Waals surface area (Å²) in [5.74, 6) is 0. The van der Waals surface area contributed by atoms with Gasteiger partial charge in [-0.15, -0.1) is 0 Å². The van der Waals surface area contributed by atoms with E-state index in [1.54, 1.807) is 0 Å². The van der Waals surface area contributed by atoms with E-state index in [-0.39, 0.29) is 0 Å². The van der Waals surface area contributed by atoms with Crippen molar-refractivity contribution in [2.45, 2.75) is 0 Å². The van der Waals surface area contributed by atoms with E-state index in [2.05, 4.69) is 234 Å². The van der Waals surface area contributed by atoms with E-state index in [1.165, 1.54) is 66.3 Å². The number of aromatic nitrogens is 1. The molecule has 264 valence electrons. The van der Waals surface area contributed by atoms with Crippen LogP contribution < -0.4 is 5.32 Å². The maximum Gasteiger partial charge on any atom is 0.0541 e. The Bertz CT molecular complexity index is 2920. The summed E-state index contributed by atoms with van der Waals surface area (Å²) in [7, 11) is 0. The highest BCUT2D eigenvalue weighted by molar-refractivity contribution is 6.10. The molecule has 10 rings (SSSR count). The van der Waals surface area contributed by atoms with Crippen LogP contribution in [0.15, 0.2) is 224 Å². The summed E-state index contributed by atoms with van der Waals surface area (Å²) in [4.78, 5) is 0. The Labute approximate surface area is 327 Å². The van der Waals surface area contributed by atoms with E-state index in [1.807, 2.05) is 0 Å². The van der Waals surface area contributed by atoms with Gasteiger partial charge in [0.1, 0.15) is 0 Å². The molecule has 9 aromatic carbocycles. The number of nitrogens with zero attached hydrogens (tertiary/aromatic N) is 1. The molecule has 1 aromatic heterocycles. The maximum absolute atomic E-state index is 3.82. The van der Waals surface area contributed by atoms with Crippen molar-refractivity contribution in [2.24, 2.45) is 0 Å². The Morgan fingerprint density at radius 3 is 1.50 bits per heavy atom. The minimum atomic E-state index is 1.05. The predicted octanol–water partition coefficient (Wildman–Crippen LogP) is 14.9. The third kappa shape index (κ3) is 6.34. The molecule has 0 aliphatic carbocycles. The molecule has 0 atom stereocenters. The first-order valence-electron chi connectivity index (χ1n) is 19.2. The van der Waals surface area contributed by atoms with Crippen molar-refractivity contribution in [3.8, 4) is 61.3 Å². The lowest BCUT2D eigenvalue weighted by Gasteiger charge is -2.16. The van der Waals surface area contributed by atoms with E-state index in [0.29, 0.717) is 0 Å². The van der Waals surface area contributed by atoms with Crippen molar-refractivity contribution >= 4 is 33.2 Å². The highest BCUT2D eigenvalue weighted by atomic mass is 15.0. The van der Waals surface area contributed by atoms with Crippen molar-refractivity contribution < 1.29 is 0 Å². The lowest BCUT2D eigenvalue weighted by Crippen LogP contribution is -1.95. The van der Waals surface area contributed by atoms with Crippen molar-refractivity contribution in [1.29, 1.82) is 0 Å². The van der Waals surface area contributed by atoms with Crippen LogP contribution in [0.3, 0.4) is 0 Å². The molecule has 0 aliphatic heterocycles. The molecule has 0 spiro atoms. The van der Waals surface area contributed by atoms with Gasteiger partial charge in [-0.05, 0) is 111 Å². The first-order valence-corrected chi connectivity index (χ1v) is 19.2. The van der Waals surface area contributed by atoms with Gasteiger partial charge in [-0.1, -0.05) is 164 Å². The molecule has 0 saturated carbocycles. The number of hydrogen-bond acceptors (Lipinski definition) is 1. The largest absolute Gasteiger partial charge is 0.355 e. The first kappa shape index (κ1) is 33.2. The van der Waals surface area contributed by atoms with E-state index < -0.39 is 0 Å². The van der Waals surface area contributed by atoms with Crippen LogP contribution in [-0.4, -0.2) is 4.57 Å². The average molecular weight is 715 g/mol. The van der Waals surface area contributed by atoms with E-state index in [9.17, 15) is 0 Å². The van der Waals surface area contributed by atoms with Crippen molar-refractivity contribution in [1.82, 2.24) is 4.57 Å². The lowest BCUT2D eigenvalue weighted by molar-refractivity contribution is 1.18. The highest BCUT2D eigenvalue weighted by Gasteiger charge is 2.15. The highest BCUT2D eigenvalue weighted by Crippen LogP contribution is 2.39. The minimum absolute atomic E-state index is 1.05. The van der Waals surface area contributed by atoms with Gasteiger partial charge in [0.2, 0.25) is 0 Å². The molecular formula is C54H38N2. The standard InChI is InChI=1S/C54H38N2/c1-4-16-38(17-5-1)42-23-15-25-48(36-42)56-53-29-13-11-27-50(53)51-37-43(30-31-54(51)56)41-22-14-24-44(32-41)49-26-10-12-28-52(49)55-47-34-45(39-18-6-2-7-19-39)33-46(35-47)40-20-8-3-9-21-40/h1-37,55H. The van der Waals surface area contributed by atoms with Crippen LogP contribution in [0.1, 0.15) is 0 Å². The Hall–Kier alpha value is -7.42. The summed E-state index contributed by atoms with van der Waals surface area (Å²) in [6, 6.07) is 80.6. The van der Waals surface area contributed by atoms with Crippen molar-refractivity contribution in [3.63, 3.8) is 0 Å². The number of hydrogen-bond donors (Lipinski definition) is 1. The van der Waals surface area contributed by atoms with Crippen LogP contribution in [0.4, 0.5) is 11.4 Å². The molecule has 0 bridgehead atoms. The zero-order valence-corrected chi connectivity index (χ0v) is 30.8. The number of rotatable bonds is 8. The molecule has 2 nitrogen and oxygen atoms in total. The number of para-hydroxylation sites is 2. The fraction of sp³-hybridized carbons (Fsp3) is 0. The molecule has 2 heteroatoms. The summed E-state index contributed by atoms with van der Waals surface area (Å²) >= 11 is 0. The molecule has 0 radical (unpaired) electrons. The number of benzene rings is 9. The molecule has 10 aromatic rings. The smallest absolute Gasteiger partial charge is 0.0541 e. The SMILES string of the molecule is c1ccc(-c2cc(Nc3ccccc3-c3cccc(-c4ccc5c(c4)c4ccccc4n5-c4cccc(-c5ccccc5)c4)c3)cc(-c3ccccc3)c2)cc1. The number of fused-ring (bicyclic) bond motifs is 3. The first-order chi connectivity index (χ1) is 27.7. The molecule has 0 aliphatic rings. The van der Waals surface area contributed by atoms with Gasteiger partial charge < -0.3 is 9.88 Å². The molecule has 0 fully saturated rings. The lowest BCUT2D eigenvalue weighted by atomic mass is 9.96. The van der Waals surface area contributed by atoms with Crippen LogP contribution in [0.25, 0.3) is 83.1 Å². The van der Waals surface area contributed by atoms with Gasteiger partial charge in [0, 0.05) is 33.4 Å². The minimum Gasteiger partial charge on any atom is -0.355 e. The molecule has 0 amide bonds. The molecule has 1 heterocycles. The third-order valence-electron chi connectivity index (χ3n) is 10.7. The second-order valence-electron chi connectivity index (χ2n) is 14.3. The number of nitrogens with one attached hydrogen (secondary N) is 1. The van der Waals surface area contributed by atoms with Gasteiger partial charge in [-0.25, -0.2) is 0 Å². The van der Waals surface area contributed by atoms with Crippen molar-refractivity contribution in [2.75, 3.05) is 5.32 Å². The van der Waals surface area contributed by atoms with Gasteiger partial charge in [0.05, 0.1) is 11.0 Å². The molecule has 1 N–H and O–H groups in total. The van der Waals surface area contributed by atoms with Crippen LogP contribution in [-0.2, 0) is 0 Å². The monoisotopic (exact) mass is 714 g/mol. The van der Waals surface area contributed by atoms with Gasteiger partial charge in [0.25, 0.3) is 0 Å². The van der Waals surface area contributed by atoms with Crippen LogP contribution in [0.2, 0.25) is 0 Å². The number of anilines is 2. The van der Waals surface area contributed by atoms with Crippen LogP contribution in [0.5, 0.6) is 0 Å². The maximum atomic E-state index is 3.82. The van der Waals surface area contributed by atoms with E-state index in [4.69, 9.17) is 0 Å². The van der Waals surface area contributed by atoms with Crippen LogP contribution >= 0.6 is 0 Å². The predicted molar refractivity (Wildman–Crippen MR) is 238 cm³/mol. The van der Waals surface area contributed by atoms with Gasteiger partial charge in [0.15, 0.2) is 0 Å². The summed E-state index contributed by atoms with van der Waals surface area (Å²) < 4.78 is 2.40. The summed E-state index contributed by atoms with van der Waals surface area (Å²) in [5.41, 5.74) is 17.5. The summed E-state index contributed by atoms with van der Waals surface area (Å²) in [5, 5.41) is 6.31. The van der Waals surface area contributed by atoms with E-state index >= 15 is 0 Å². The quantitative estimate of drug-likeness (QED) is 0.166. The Kier molecular flexibility index (Phi) is 8.55. The Balaban J connectivity index is 1.03. The molecular weight excluding hydrogens is 677 g/mol.